The molecule has 0 heterocycles. The molecule has 0 fully saturated rings. The minimum Gasteiger partial charge on any atom is -0.462 e. The summed E-state index contributed by atoms with van der Waals surface area (Å²) in [4.78, 5) is 24.0. The zero-order valence-electron chi connectivity index (χ0n) is 17.3. The third-order valence-electron chi connectivity index (χ3n) is 4.38. The molecule has 26 heavy (non-hydrogen) atoms. The van der Waals surface area contributed by atoms with E-state index in [1.165, 1.54) is 0 Å². The van der Waals surface area contributed by atoms with E-state index >= 15 is 0 Å². The van der Waals surface area contributed by atoms with Gasteiger partial charge in [-0.25, -0.2) is 0 Å². The second kappa shape index (κ2) is 16.1. The van der Waals surface area contributed by atoms with Crippen molar-refractivity contribution >= 4 is 11.9 Å². The van der Waals surface area contributed by atoms with Crippen LogP contribution in [0.2, 0.25) is 0 Å². The fourth-order valence-corrected chi connectivity index (χ4v) is 2.96. The first-order valence-corrected chi connectivity index (χ1v) is 10.5. The fourth-order valence-electron chi connectivity index (χ4n) is 2.96. The minimum absolute atomic E-state index is 0.0884. The number of rotatable bonds is 16. The molecule has 0 saturated heterocycles. The highest BCUT2D eigenvalue weighted by Gasteiger charge is 2.21. The summed E-state index contributed by atoms with van der Waals surface area (Å²) in [6.45, 7) is 8.32. The van der Waals surface area contributed by atoms with Crippen LogP contribution in [0.1, 0.15) is 105 Å². The second-order valence-corrected chi connectivity index (χ2v) is 7.15. The predicted molar refractivity (Wildman–Crippen MR) is 104 cm³/mol. The summed E-state index contributed by atoms with van der Waals surface area (Å²) in [5, 5.41) is 10.0. The van der Waals surface area contributed by atoms with Crippen LogP contribution in [-0.2, 0) is 19.1 Å². The van der Waals surface area contributed by atoms with Crippen LogP contribution in [0.3, 0.4) is 0 Å². The Morgan fingerprint density at radius 3 is 1.38 bits per heavy atom. The van der Waals surface area contributed by atoms with Gasteiger partial charge in [-0.3, -0.25) is 9.59 Å². The molecule has 0 saturated carbocycles. The maximum absolute atomic E-state index is 12.0. The van der Waals surface area contributed by atoms with Crippen molar-refractivity contribution < 1.29 is 24.2 Å². The lowest BCUT2D eigenvalue weighted by molar-refractivity contribution is -0.155. The van der Waals surface area contributed by atoms with E-state index in [9.17, 15) is 14.7 Å². The van der Waals surface area contributed by atoms with E-state index in [0.717, 1.165) is 64.2 Å². The molecule has 0 aromatic heterocycles. The molecule has 154 valence electrons. The summed E-state index contributed by atoms with van der Waals surface area (Å²) in [7, 11) is 0. The van der Waals surface area contributed by atoms with Crippen molar-refractivity contribution in [3.05, 3.63) is 0 Å². The van der Waals surface area contributed by atoms with Gasteiger partial charge >= 0.3 is 11.9 Å². The molecule has 0 aromatic rings. The Bertz CT molecular complexity index is 335. The van der Waals surface area contributed by atoms with Gasteiger partial charge in [0.15, 0.2) is 0 Å². The van der Waals surface area contributed by atoms with Crippen molar-refractivity contribution in [1.82, 2.24) is 0 Å². The highest BCUT2D eigenvalue weighted by molar-refractivity contribution is 5.73. The quantitative estimate of drug-likeness (QED) is 0.389. The average Bonchev–Trinajstić information content (AvgIpc) is 2.57. The van der Waals surface area contributed by atoms with Crippen molar-refractivity contribution in [1.29, 1.82) is 0 Å². The monoisotopic (exact) mass is 372 g/mol. The molecule has 0 radical (unpaired) electrons. The molecule has 0 bridgehead atoms. The Hall–Kier alpha value is -1.10. The van der Waals surface area contributed by atoms with Gasteiger partial charge in [0.2, 0.25) is 0 Å². The molecule has 0 aliphatic heterocycles. The van der Waals surface area contributed by atoms with Crippen LogP contribution in [0, 0.1) is 0 Å². The molecule has 0 rings (SSSR count). The minimum atomic E-state index is -1.04. The van der Waals surface area contributed by atoms with Crippen LogP contribution in [-0.4, -0.2) is 35.4 Å². The van der Waals surface area contributed by atoms with Crippen molar-refractivity contribution in [2.75, 3.05) is 0 Å². The number of aliphatic hydroxyl groups excluding tert-OH is 1. The first kappa shape index (κ1) is 24.9. The Balaban J connectivity index is 4.28. The molecular formula is C21H40O5. The van der Waals surface area contributed by atoms with Gasteiger partial charge in [-0.05, 0) is 25.7 Å². The number of esters is 2. The highest BCUT2D eigenvalue weighted by Crippen LogP contribution is 2.15. The number of hydrogen-bond donors (Lipinski definition) is 1. The lowest BCUT2D eigenvalue weighted by Gasteiger charge is -2.19. The number of carbonyl (C=O) groups excluding carboxylic acids is 2. The van der Waals surface area contributed by atoms with Crippen LogP contribution in [0.5, 0.6) is 0 Å². The van der Waals surface area contributed by atoms with E-state index in [1.54, 1.807) is 0 Å². The predicted octanol–water partition coefficient (Wildman–Crippen LogP) is 4.93. The van der Waals surface area contributed by atoms with Gasteiger partial charge in [-0.15, -0.1) is 0 Å². The van der Waals surface area contributed by atoms with Gasteiger partial charge in [-0.2, -0.15) is 0 Å². The van der Waals surface area contributed by atoms with E-state index in [1.807, 2.05) is 0 Å². The third-order valence-corrected chi connectivity index (χ3v) is 4.38. The lowest BCUT2D eigenvalue weighted by Crippen LogP contribution is -2.26. The smallest absolute Gasteiger partial charge is 0.308 e. The highest BCUT2D eigenvalue weighted by atomic mass is 16.5. The summed E-state index contributed by atoms with van der Waals surface area (Å²) >= 11 is 0. The molecule has 0 aliphatic carbocycles. The topological polar surface area (TPSA) is 72.8 Å². The first-order valence-electron chi connectivity index (χ1n) is 10.5. The molecular weight excluding hydrogens is 332 g/mol. The van der Waals surface area contributed by atoms with Crippen molar-refractivity contribution in [3.63, 3.8) is 0 Å². The van der Waals surface area contributed by atoms with E-state index in [-0.39, 0.29) is 25.0 Å². The van der Waals surface area contributed by atoms with E-state index in [4.69, 9.17) is 9.47 Å². The molecule has 0 amide bonds. The fraction of sp³-hybridized carbons (Fsp3) is 0.905. The lowest BCUT2D eigenvalue weighted by atomic mass is 10.1. The van der Waals surface area contributed by atoms with Gasteiger partial charge in [-0.1, -0.05) is 66.2 Å². The zero-order valence-corrected chi connectivity index (χ0v) is 17.3. The number of ether oxygens (including phenoxy) is 2. The van der Waals surface area contributed by atoms with Crippen LogP contribution in [0.25, 0.3) is 0 Å². The largest absolute Gasteiger partial charge is 0.462 e. The maximum Gasteiger partial charge on any atom is 0.308 e. The van der Waals surface area contributed by atoms with Crippen LogP contribution in [0.4, 0.5) is 0 Å². The van der Waals surface area contributed by atoms with Crippen molar-refractivity contribution in [2.45, 2.75) is 123 Å². The van der Waals surface area contributed by atoms with E-state index in [2.05, 4.69) is 27.7 Å². The summed E-state index contributed by atoms with van der Waals surface area (Å²) in [6.07, 6.45) is 7.89. The molecule has 5 heteroatoms. The third kappa shape index (κ3) is 13.2. The Labute approximate surface area is 159 Å². The first-order chi connectivity index (χ1) is 12.5. The molecule has 0 unspecified atom stereocenters. The molecule has 0 aromatic carbocycles. The summed E-state index contributed by atoms with van der Waals surface area (Å²) < 4.78 is 10.9. The van der Waals surface area contributed by atoms with Gasteiger partial charge in [0.25, 0.3) is 0 Å². The van der Waals surface area contributed by atoms with Gasteiger partial charge in [0.1, 0.15) is 12.2 Å². The number of unbranched alkanes of at least 4 members (excludes halogenated alkanes) is 2. The summed E-state index contributed by atoms with van der Waals surface area (Å²) in [5.41, 5.74) is 0. The SMILES string of the molecule is CCCC[C@@H](CCC)OC(=O)CC(O)CC(=O)O[C@H](CCC)CCCC. The van der Waals surface area contributed by atoms with Gasteiger partial charge in [0, 0.05) is 0 Å². The molecule has 0 aliphatic rings. The zero-order chi connectivity index (χ0) is 19.8. The molecule has 2 atom stereocenters. The van der Waals surface area contributed by atoms with E-state index < -0.39 is 18.0 Å². The molecule has 0 spiro atoms. The maximum atomic E-state index is 12.0. The van der Waals surface area contributed by atoms with Crippen molar-refractivity contribution in [3.8, 4) is 0 Å². The van der Waals surface area contributed by atoms with Crippen molar-refractivity contribution in [2.24, 2.45) is 0 Å². The number of carbonyl (C=O) groups is 2. The normalized spacial score (nSPS) is 13.5. The van der Waals surface area contributed by atoms with Crippen LogP contribution < -0.4 is 0 Å². The van der Waals surface area contributed by atoms with Gasteiger partial charge < -0.3 is 14.6 Å². The second-order valence-electron chi connectivity index (χ2n) is 7.15. The number of hydrogen-bond acceptors (Lipinski definition) is 5. The number of aliphatic hydroxyl groups is 1. The Morgan fingerprint density at radius 2 is 1.08 bits per heavy atom. The van der Waals surface area contributed by atoms with Crippen LogP contribution in [0.15, 0.2) is 0 Å². The van der Waals surface area contributed by atoms with Crippen LogP contribution >= 0.6 is 0 Å². The average molecular weight is 373 g/mol. The standard InChI is InChI=1S/C21H40O5/c1-5-9-13-18(11-7-3)25-20(23)15-17(22)16-21(24)26-19(12-8-4)14-10-6-2/h17-19,22H,5-16H2,1-4H3/t18-,19-/m1/s1. The van der Waals surface area contributed by atoms with E-state index in [0.29, 0.717) is 0 Å². The summed E-state index contributed by atoms with van der Waals surface area (Å²) in [5.74, 6) is -0.869. The Kier molecular flexibility index (Phi) is 15.4. The summed E-state index contributed by atoms with van der Waals surface area (Å²) in [6, 6.07) is 0. The molecule has 5 nitrogen and oxygen atoms in total. The molecule has 1 N–H and O–H groups in total. The van der Waals surface area contributed by atoms with Gasteiger partial charge in [0.05, 0.1) is 18.9 Å². The Morgan fingerprint density at radius 1 is 0.692 bits per heavy atom.